The largest absolute Gasteiger partial charge is 0.450 e. The van der Waals surface area contributed by atoms with E-state index in [0.717, 1.165) is 22.0 Å². The number of nitrogens with zero attached hydrogens (tertiary/aromatic N) is 2. The molecule has 0 bridgehead atoms. The number of anilines is 1. The fraction of sp³-hybridized carbons (Fsp3) is 0.158. The summed E-state index contributed by atoms with van der Waals surface area (Å²) in [4.78, 5) is 9.08. The van der Waals surface area contributed by atoms with Crippen LogP contribution in [0.25, 0.3) is 22.1 Å². The van der Waals surface area contributed by atoms with E-state index < -0.39 is 10.0 Å². The number of benzene rings is 2. The highest BCUT2D eigenvalue weighted by atomic mass is 32.2. The number of rotatable bonds is 5. The fourth-order valence-electron chi connectivity index (χ4n) is 2.99. The van der Waals surface area contributed by atoms with Crippen LogP contribution >= 0.6 is 0 Å². The van der Waals surface area contributed by atoms with Crippen LogP contribution in [-0.2, 0) is 16.4 Å². The fourth-order valence-corrected chi connectivity index (χ4v) is 3.51. The average Bonchev–Trinajstić information content (AvgIpc) is 3.00. The predicted molar refractivity (Wildman–Crippen MR) is 104 cm³/mol. The molecule has 0 spiro atoms. The maximum absolute atomic E-state index is 11.3. The van der Waals surface area contributed by atoms with Gasteiger partial charge in [-0.25, -0.2) is 23.5 Å². The standard InChI is InChI=1S/C19H18N4O3S/c1-12-22-17-15-4-2-3-5-16(15)26-18(17)19(23-12)21-11-10-13-6-8-14(9-7-13)27(20,24)25/h2-9H,10-11H2,1H3,(H2,20,24,25)(H,21,22,23). The summed E-state index contributed by atoms with van der Waals surface area (Å²) in [7, 11) is -3.67. The Labute approximate surface area is 156 Å². The highest BCUT2D eigenvalue weighted by Crippen LogP contribution is 2.30. The van der Waals surface area contributed by atoms with Gasteiger partial charge in [0.2, 0.25) is 10.0 Å². The lowest BCUT2D eigenvalue weighted by Gasteiger charge is -2.07. The molecule has 0 saturated heterocycles. The maximum Gasteiger partial charge on any atom is 0.238 e. The summed E-state index contributed by atoms with van der Waals surface area (Å²) in [5.41, 5.74) is 3.18. The second kappa shape index (κ2) is 6.64. The van der Waals surface area contributed by atoms with Crippen LogP contribution in [0.4, 0.5) is 5.82 Å². The minimum absolute atomic E-state index is 0.106. The molecule has 0 saturated carbocycles. The summed E-state index contributed by atoms with van der Waals surface area (Å²) in [6, 6.07) is 14.3. The summed E-state index contributed by atoms with van der Waals surface area (Å²) in [5.74, 6) is 1.31. The number of hydrogen-bond donors (Lipinski definition) is 2. The van der Waals surface area contributed by atoms with Gasteiger partial charge in [0, 0.05) is 11.9 Å². The zero-order valence-corrected chi connectivity index (χ0v) is 15.5. The Morgan fingerprint density at radius 3 is 2.56 bits per heavy atom. The molecule has 4 rings (SSSR count). The number of sulfonamides is 1. The summed E-state index contributed by atoms with van der Waals surface area (Å²) in [6.07, 6.45) is 0.690. The first kappa shape index (κ1) is 17.4. The predicted octanol–water partition coefficient (Wildman–Crippen LogP) is 2.99. The van der Waals surface area contributed by atoms with Gasteiger partial charge < -0.3 is 9.73 Å². The molecule has 0 unspecified atom stereocenters. The van der Waals surface area contributed by atoms with E-state index in [0.29, 0.717) is 30.2 Å². The van der Waals surface area contributed by atoms with Crippen molar-refractivity contribution in [3.05, 3.63) is 59.9 Å². The SMILES string of the molecule is Cc1nc(NCCc2ccc(S(N)(=O)=O)cc2)c2oc3ccccc3c2n1. The van der Waals surface area contributed by atoms with E-state index in [9.17, 15) is 8.42 Å². The van der Waals surface area contributed by atoms with Gasteiger partial charge in [-0.05, 0) is 43.2 Å². The molecule has 0 atom stereocenters. The lowest BCUT2D eigenvalue weighted by molar-refractivity contribution is 0.598. The van der Waals surface area contributed by atoms with Crippen LogP contribution in [0.15, 0.2) is 57.8 Å². The zero-order valence-electron chi connectivity index (χ0n) is 14.6. The second-order valence-corrected chi connectivity index (χ2v) is 7.82. The lowest BCUT2D eigenvalue weighted by Crippen LogP contribution is -2.12. The smallest absolute Gasteiger partial charge is 0.238 e. The van der Waals surface area contributed by atoms with Crippen LogP contribution < -0.4 is 10.5 Å². The Morgan fingerprint density at radius 2 is 1.81 bits per heavy atom. The van der Waals surface area contributed by atoms with Crippen molar-refractivity contribution in [1.82, 2.24) is 9.97 Å². The van der Waals surface area contributed by atoms with Gasteiger partial charge in [0.05, 0.1) is 4.90 Å². The zero-order chi connectivity index (χ0) is 19.0. The Balaban J connectivity index is 1.55. The summed E-state index contributed by atoms with van der Waals surface area (Å²) < 4.78 is 28.6. The van der Waals surface area contributed by atoms with Crippen molar-refractivity contribution in [3.63, 3.8) is 0 Å². The molecule has 0 aliphatic carbocycles. The van der Waals surface area contributed by atoms with Crippen LogP contribution in [0.2, 0.25) is 0 Å². The molecule has 8 heteroatoms. The lowest BCUT2D eigenvalue weighted by atomic mass is 10.1. The third-order valence-corrected chi connectivity index (χ3v) is 5.22. The van der Waals surface area contributed by atoms with E-state index in [-0.39, 0.29) is 4.90 Å². The molecule has 0 radical (unpaired) electrons. The third-order valence-electron chi connectivity index (χ3n) is 4.29. The molecule has 0 aliphatic rings. The van der Waals surface area contributed by atoms with E-state index in [4.69, 9.17) is 9.56 Å². The first-order valence-electron chi connectivity index (χ1n) is 8.43. The van der Waals surface area contributed by atoms with E-state index in [1.165, 1.54) is 12.1 Å². The van der Waals surface area contributed by atoms with Crippen molar-refractivity contribution in [1.29, 1.82) is 0 Å². The number of primary sulfonamides is 1. The van der Waals surface area contributed by atoms with Crippen molar-refractivity contribution < 1.29 is 12.8 Å². The van der Waals surface area contributed by atoms with Gasteiger partial charge >= 0.3 is 0 Å². The van der Waals surface area contributed by atoms with E-state index in [2.05, 4.69) is 15.3 Å². The highest BCUT2D eigenvalue weighted by molar-refractivity contribution is 7.89. The number of para-hydroxylation sites is 1. The number of nitrogens with one attached hydrogen (secondary N) is 1. The summed E-state index contributed by atoms with van der Waals surface area (Å²) in [6.45, 7) is 2.45. The molecule has 3 N–H and O–H groups in total. The molecular formula is C19H18N4O3S. The molecule has 2 aromatic heterocycles. The number of nitrogens with two attached hydrogens (primary N) is 1. The van der Waals surface area contributed by atoms with Crippen molar-refractivity contribution in [3.8, 4) is 0 Å². The highest BCUT2D eigenvalue weighted by Gasteiger charge is 2.14. The number of furan rings is 1. The average molecular weight is 382 g/mol. The van der Waals surface area contributed by atoms with Crippen LogP contribution in [0.3, 0.4) is 0 Å². The maximum atomic E-state index is 11.3. The van der Waals surface area contributed by atoms with Gasteiger partial charge in [-0.3, -0.25) is 0 Å². The molecule has 2 aromatic carbocycles. The minimum Gasteiger partial charge on any atom is -0.450 e. The normalized spacial score (nSPS) is 11.9. The van der Waals surface area contributed by atoms with Crippen molar-refractivity contribution in [2.24, 2.45) is 5.14 Å². The topological polar surface area (TPSA) is 111 Å². The van der Waals surface area contributed by atoms with E-state index >= 15 is 0 Å². The van der Waals surface area contributed by atoms with Crippen LogP contribution in [0.5, 0.6) is 0 Å². The van der Waals surface area contributed by atoms with Gasteiger partial charge in [0.15, 0.2) is 11.4 Å². The Morgan fingerprint density at radius 1 is 1.07 bits per heavy atom. The molecule has 4 aromatic rings. The third kappa shape index (κ3) is 3.49. The quantitative estimate of drug-likeness (QED) is 0.549. The second-order valence-electron chi connectivity index (χ2n) is 6.26. The molecule has 0 amide bonds. The Kier molecular flexibility index (Phi) is 4.29. The van der Waals surface area contributed by atoms with E-state index in [1.54, 1.807) is 12.1 Å². The van der Waals surface area contributed by atoms with Crippen LogP contribution in [0.1, 0.15) is 11.4 Å². The van der Waals surface area contributed by atoms with Crippen LogP contribution in [-0.4, -0.2) is 24.9 Å². The molecule has 2 heterocycles. The minimum atomic E-state index is -3.67. The molecule has 138 valence electrons. The molecule has 0 fully saturated rings. The van der Waals surface area contributed by atoms with Gasteiger partial charge in [-0.1, -0.05) is 24.3 Å². The van der Waals surface area contributed by atoms with Crippen molar-refractivity contribution in [2.75, 3.05) is 11.9 Å². The number of hydrogen-bond acceptors (Lipinski definition) is 6. The monoisotopic (exact) mass is 382 g/mol. The van der Waals surface area contributed by atoms with Crippen molar-refractivity contribution in [2.45, 2.75) is 18.2 Å². The molecule has 27 heavy (non-hydrogen) atoms. The first-order chi connectivity index (χ1) is 12.9. The Bertz CT molecular complexity index is 1230. The van der Waals surface area contributed by atoms with Crippen molar-refractivity contribution >= 4 is 37.9 Å². The van der Waals surface area contributed by atoms with Gasteiger partial charge in [-0.2, -0.15) is 0 Å². The van der Waals surface area contributed by atoms with Gasteiger partial charge in [0.1, 0.15) is 16.9 Å². The number of fused-ring (bicyclic) bond motifs is 3. The van der Waals surface area contributed by atoms with Gasteiger partial charge in [-0.15, -0.1) is 0 Å². The summed E-state index contributed by atoms with van der Waals surface area (Å²) >= 11 is 0. The number of aromatic nitrogens is 2. The molecular weight excluding hydrogens is 364 g/mol. The van der Waals surface area contributed by atoms with E-state index in [1.807, 2.05) is 31.2 Å². The first-order valence-corrected chi connectivity index (χ1v) is 9.98. The Hall–Kier alpha value is -2.97. The number of aryl methyl sites for hydroxylation is 1. The molecule has 0 aliphatic heterocycles. The van der Waals surface area contributed by atoms with Crippen LogP contribution in [0, 0.1) is 6.92 Å². The summed E-state index contributed by atoms with van der Waals surface area (Å²) in [5, 5.41) is 9.37. The van der Waals surface area contributed by atoms with Gasteiger partial charge in [0.25, 0.3) is 0 Å². The molecule has 7 nitrogen and oxygen atoms in total.